The molecule has 6 nitrogen and oxygen atoms in total. The first-order valence-electron chi connectivity index (χ1n) is 11.3. The lowest BCUT2D eigenvalue weighted by Gasteiger charge is -2.36. The van der Waals surface area contributed by atoms with E-state index in [1.165, 1.54) is 12.1 Å². The number of aliphatic hydroxyl groups is 1. The van der Waals surface area contributed by atoms with Gasteiger partial charge in [0.1, 0.15) is 11.6 Å². The zero-order chi connectivity index (χ0) is 25.7. The number of ether oxygens (including phenoxy) is 1. The van der Waals surface area contributed by atoms with Crippen LogP contribution >= 0.6 is 0 Å². The number of para-hydroxylation sites is 1. The van der Waals surface area contributed by atoms with Crippen LogP contribution in [-0.2, 0) is 10.0 Å². The molecule has 0 amide bonds. The van der Waals surface area contributed by atoms with Crippen LogP contribution < -0.4 is 9.46 Å². The smallest absolute Gasteiger partial charge is 0.406 e. The summed E-state index contributed by atoms with van der Waals surface area (Å²) in [6.45, 7) is 0. The van der Waals surface area contributed by atoms with E-state index in [1.807, 2.05) is 28.8 Å². The van der Waals surface area contributed by atoms with E-state index >= 15 is 0 Å². The van der Waals surface area contributed by atoms with Gasteiger partial charge in [-0.1, -0.05) is 18.2 Å². The van der Waals surface area contributed by atoms with Gasteiger partial charge in [0, 0.05) is 21.8 Å². The predicted molar refractivity (Wildman–Crippen MR) is 126 cm³/mol. The van der Waals surface area contributed by atoms with E-state index in [0.717, 1.165) is 40.7 Å². The van der Waals surface area contributed by atoms with E-state index in [9.17, 15) is 31.1 Å². The summed E-state index contributed by atoms with van der Waals surface area (Å²) in [6.07, 6.45) is -4.43. The molecule has 11 heteroatoms. The minimum Gasteiger partial charge on any atom is -0.406 e. The third kappa shape index (κ3) is 4.65. The maximum absolute atomic E-state index is 14.0. The summed E-state index contributed by atoms with van der Waals surface area (Å²) < 4.78 is 85.4. The van der Waals surface area contributed by atoms with E-state index in [-0.39, 0.29) is 10.7 Å². The van der Waals surface area contributed by atoms with Gasteiger partial charge in [0.25, 0.3) is 0 Å². The van der Waals surface area contributed by atoms with Crippen LogP contribution in [0.1, 0.15) is 25.3 Å². The summed E-state index contributed by atoms with van der Waals surface area (Å²) >= 11 is 0. The van der Waals surface area contributed by atoms with E-state index < -0.39 is 40.3 Å². The molecule has 190 valence electrons. The van der Waals surface area contributed by atoms with Gasteiger partial charge >= 0.3 is 6.36 Å². The molecular formula is C25H22F4N2O4S. The number of rotatable bonds is 5. The zero-order valence-corrected chi connectivity index (χ0v) is 19.6. The molecule has 36 heavy (non-hydrogen) atoms. The number of hydrogen-bond donors (Lipinski definition) is 2. The average molecular weight is 523 g/mol. The molecule has 4 aromatic rings. The van der Waals surface area contributed by atoms with Crippen LogP contribution in [0, 0.1) is 5.82 Å². The number of nitrogens with one attached hydrogen (secondary N) is 1. The minimum absolute atomic E-state index is 0.251. The second kappa shape index (κ2) is 9.06. The molecule has 0 saturated heterocycles. The molecule has 1 aliphatic carbocycles. The molecule has 5 rings (SSSR count). The van der Waals surface area contributed by atoms with Gasteiger partial charge in [0.2, 0.25) is 10.0 Å². The Morgan fingerprint density at radius 2 is 1.64 bits per heavy atom. The Morgan fingerprint density at radius 1 is 0.944 bits per heavy atom. The normalized spacial score (nSPS) is 21.2. The summed E-state index contributed by atoms with van der Waals surface area (Å²) in [5, 5.41) is 12.8. The fraction of sp³-hybridized carbons (Fsp3) is 0.280. The topological polar surface area (TPSA) is 80.6 Å². The summed E-state index contributed by atoms with van der Waals surface area (Å²) in [5.74, 6) is -0.922. The lowest BCUT2D eigenvalue weighted by atomic mass is 9.88. The highest BCUT2D eigenvalue weighted by atomic mass is 32.2. The van der Waals surface area contributed by atoms with Crippen LogP contribution in [0.2, 0.25) is 0 Å². The second-order valence-corrected chi connectivity index (χ2v) is 10.5. The summed E-state index contributed by atoms with van der Waals surface area (Å²) in [4.78, 5) is -0.251. The van der Waals surface area contributed by atoms with Crippen LogP contribution in [0.25, 0.3) is 21.8 Å². The Kier molecular flexibility index (Phi) is 6.17. The highest BCUT2D eigenvalue weighted by Crippen LogP contribution is 2.38. The van der Waals surface area contributed by atoms with Gasteiger partial charge < -0.3 is 14.4 Å². The number of alkyl halides is 3. The third-order valence-corrected chi connectivity index (χ3v) is 8.00. The molecule has 1 aromatic heterocycles. The number of aromatic nitrogens is 1. The van der Waals surface area contributed by atoms with Crippen molar-refractivity contribution in [1.29, 1.82) is 0 Å². The number of nitrogens with zero attached hydrogens (tertiary/aromatic N) is 1. The molecular weight excluding hydrogens is 500 g/mol. The molecule has 3 unspecified atom stereocenters. The van der Waals surface area contributed by atoms with Crippen LogP contribution in [-0.4, -0.2) is 36.6 Å². The molecule has 0 aliphatic heterocycles. The molecule has 1 saturated carbocycles. The lowest BCUT2D eigenvalue weighted by Crippen LogP contribution is -2.49. The second-order valence-electron chi connectivity index (χ2n) is 8.78. The van der Waals surface area contributed by atoms with Gasteiger partial charge in [-0.3, -0.25) is 0 Å². The first kappa shape index (κ1) is 24.5. The van der Waals surface area contributed by atoms with Crippen LogP contribution in [0.15, 0.2) is 71.6 Å². The van der Waals surface area contributed by atoms with Crippen molar-refractivity contribution in [2.75, 3.05) is 0 Å². The lowest BCUT2D eigenvalue weighted by molar-refractivity contribution is -0.274. The summed E-state index contributed by atoms with van der Waals surface area (Å²) in [7, 11) is -4.14. The van der Waals surface area contributed by atoms with Crippen molar-refractivity contribution in [3.63, 3.8) is 0 Å². The van der Waals surface area contributed by atoms with Crippen LogP contribution in [0.4, 0.5) is 17.6 Å². The van der Waals surface area contributed by atoms with Gasteiger partial charge in [0.05, 0.1) is 23.1 Å². The third-order valence-electron chi connectivity index (χ3n) is 6.50. The number of benzene rings is 3. The fourth-order valence-corrected chi connectivity index (χ4v) is 6.27. The predicted octanol–water partition coefficient (Wildman–Crippen LogP) is 5.27. The Bertz CT molecular complexity index is 1520. The summed E-state index contributed by atoms with van der Waals surface area (Å²) in [5.41, 5.74) is 1.52. The van der Waals surface area contributed by atoms with Crippen LogP contribution in [0.5, 0.6) is 5.75 Å². The van der Waals surface area contributed by atoms with Crippen molar-refractivity contribution in [2.45, 2.75) is 48.7 Å². The Balaban J connectivity index is 1.44. The van der Waals surface area contributed by atoms with Crippen molar-refractivity contribution < 1.29 is 35.8 Å². The Labute approximate surface area is 204 Å². The largest absolute Gasteiger partial charge is 0.573 e. The van der Waals surface area contributed by atoms with Gasteiger partial charge in [-0.2, -0.15) is 0 Å². The number of halogens is 4. The SMILES string of the molecule is O=S(=O)(NC1CCCC(n2c3ccccc3c3cc(F)ccc32)C1O)c1ccc(OC(F)(F)F)cc1. The molecule has 0 radical (unpaired) electrons. The Hall–Kier alpha value is -3.15. The van der Waals surface area contributed by atoms with Crippen LogP contribution in [0.3, 0.4) is 0 Å². The zero-order valence-electron chi connectivity index (χ0n) is 18.7. The van der Waals surface area contributed by atoms with Crippen molar-refractivity contribution in [3.8, 4) is 5.75 Å². The molecule has 1 fully saturated rings. The fourth-order valence-electron chi connectivity index (χ4n) is 4.99. The number of sulfonamides is 1. The molecule has 0 bridgehead atoms. The summed E-state index contributed by atoms with van der Waals surface area (Å²) in [6, 6.07) is 14.4. The van der Waals surface area contributed by atoms with Gasteiger partial charge in [0.15, 0.2) is 0 Å². The molecule has 1 aliphatic rings. The first-order valence-corrected chi connectivity index (χ1v) is 12.8. The maximum Gasteiger partial charge on any atom is 0.573 e. The Morgan fingerprint density at radius 3 is 2.36 bits per heavy atom. The first-order chi connectivity index (χ1) is 17.0. The van der Waals surface area contributed by atoms with Gasteiger partial charge in [-0.15, -0.1) is 13.2 Å². The van der Waals surface area contributed by atoms with Crippen molar-refractivity contribution in [3.05, 3.63) is 72.5 Å². The molecule has 1 heterocycles. The average Bonchev–Trinajstić information content (AvgIpc) is 3.13. The quantitative estimate of drug-likeness (QED) is 0.350. The van der Waals surface area contributed by atoms with Crippen molar-refractivity contribution in [2.24, 2.45) is 0 Å². The number of aliphatic hydroxyl groups excluding tert-OH is 1. The van der Waals surface area contributed by atoms with E-state index in [4.69, 9.17) is 0 Å². The van der Waals surface area contributed by atoms with Gasteiger partial charge in [-0.05, 0) is 67.8 Å². The standard InChI is InChI=1S/C25H22F4N2O4S/c26-15-8-13-22-19(14-15)18-4-1-2-6-21(18)31(22)23-7-3-5-20(24(23)32)30-36(33,34)17-11-9-16(10-12-17)35-25(27,28)29/h1-2,4,6,8-14,20,23-24,30,32H,3,5,7H2. The van der Waals surface area contributed by atoms with E-state index in [1.54, 1.807) is 6.07 Å². The van der Waals surface area contributed by atoms with Gasteiger partial charge in [-0.25, -0.2) is 17.5 Å². The highest BCUT2D eigenvalue weighted by molar-refractivity contribution is 7.89. The highest BCUT2D eigenvalue weighted by Gasteiger charge is 2.37. The number of hydrogen-bond acceptors (Lipinski definition) is 4. The van der Waals surface area contributed by atoms with E-state index in [2.05, 4.69) is 9.46 Å². The number of fused-ring (bicyclic) bond motifs is 3. The monoisotopic (exact) mass is 522 g/mol. The maximum atomic E-state index is 14.0. The minimum atomic E-state index is -4.89. The van der Waals surface area contributed by atoms with Crippen molar-refractivity contribution >= 4 is 31.8 Å². The molecule has 3 atom stereocenters. The molecule has 3 aromatic carbocycles. The molecule has 2 N–H and O–H groups in total. The van der Waals surface area contributed by atoms with Crippen molar-refractivity contribution in [1.82, 2.24) is 9.29 Å². The molecule has 0 spiro atoms. The van der Waals surface area contributed by atoms with E-state index in [0.29, 0.717) is 24.6 Å².